The van der Waals surface area contributed by atoms with Crippen LogP contribution in [0.3, 0.4) is 0 Å². The number of hydrogen-bond acceptors (Lipinski definition) is 3. The SMILES string of the molecule is CCC(C(=O)NCc1cccc(C(F)(F)F)c1)N(c1cc(C)cc(C)c1)S(C)(=O)=O. The normalized spacial score (nSPS) is 13.0. The van der Waals surface area contributed by atoms with Crippen LogP contribution in [-0.4, -0.2) is 26.6 Å². The van der Waals surface area contributed by atoms with E-state index < -0.39 is 33.7 Å². The van der Waals surface area contributed by atoms with Gasteiger partial charge in [-0.05, 0) is 61.2 Å². The van der Waals surface area contributed by atoms with Gasteiger partial charge in [0, 0.05) is 6.54 Å². The summed E-state index contributed by atoms with van der Waals surface area (Å²) in [5.41, 5.74) is 1.52. The molecule has 0 spiro atoms. The van der Waals surface area contributed by atoms with E-state index in [0.717, 1.165) is 33.8 Å². The van der Waals surface area contributed by atoms with Crippen molar-refractivity contribution in [2.45, 2.75) is 46.0 Å². The van der Waals surface area contributed by atoms with Gasteiger partial charge in [0.15, 0.2) is 0 Å². The molecule has 2 rings (SSSR count). The Kier molecular flexibility index (Phi) is 7.18. The van der Waals surface area contributed by atoms with E-state index in [1.54, 1.807) is 19.1 Å². The van der Waals surface area contributed by atoms with Crippen molar-refractivity contribution in [1.29, 1.82) is 0 Å². The van der Waals surface area contributed by atoms with Crippen LogP contribution in [0.1, 0.15) is 35.6 Å². The van der Waals surface area contributed by atoms with Gasteiger partial charge in [0.05, 0.1) is 17.5 Å². The Morgan fingerprint density at radius 2 is 1.70 bits per heavy atom. The van der Waals surface area contributed by atoms with Crippen LogP contribution >= 0.6 is 0 Å². The number of nitrogens with one attached hydrogen (secondary N) is 1. The van der Waals surface area contributed by atoms with Gasteiger partial charge in [-0.15, -0.1) is 0 Å². The van der Waals surface area contributed by atoms with Crippen LogP contribution < -0.4 is 9.62 Å². The summed E-state index contributed by atoms with van der Waals surface area (Å²) < 4.78 is 64.7. The number of benzene rings is 2. The van der Waals surface area contributed by atoms with E-state index in [1.807, 2.05) is 19.9 Å². The summed E-state index contributed by atoms with van der Waals surface area (Å²) in [6.45, 7) is 5.18. The Labute approximate surface area is 175 Å². The van der Waals surface area contributed by atoms with Gasteiger partial charge in [-0.2, -0.15) is 13.2 Å². The van der Waals surface area contributed by atoms with Crippen molar-refractivity contribution in [3.05, 3.63) is 64.7 Å². The highest BCUT2D eigenvalue weighted by Crippen LogP contribution is 2.29. The van der Waals surface area contributed by atoms with E-state index >= 15 is 0 Å². The molecule has 0 aliphatic carbocycles. The molecule has 9 heteroatoms. The maximum Gasteiger partial charge on any atom is 0.416 e. The highest BCUT2D eigenvalue weighted by molar-refractivity contribution is 7.92. The van der Waals surface area contributed by atoms with Crippen molar-refractivity contribution in [3.63, 3.8) is 0 Å². The molecular formula is C21H25F3N2O3S. The summed E-state index contributed by atoms with van der Waals surface area (Å²) in [6, 6.07) is 8.85. The largest absolute Gasteiger partial charge is 0.416 e. The Morgan fingerprint density at radius 3 is 2.20 bits per heavy atom. The molecule has 0 radical (unpaired) electrons. The summed E-state index contributed by atoms with van der Waals surface area (Å²) in [5.74, 6) is -0.584. The maximum atomic E-state index is 12.9. The van der Waals surface area contributed by atoms with Gasteiger partial charge in [-0.3, -0.25) is 9.10 Å². The lowest BCUT2D eigenvalue weighted by Crippen LogP contribution is -2.49. The molecule has 1 N–H and O–H groups in total. The molecule has 1 amide bonds. The molecule has 164 valence electrons. The number of rotatable bonds is 7. The second kappa shape index (κ2) is 9.07. The molecule has 0 bridgehead atoms. The summed E-state index contributed by atoms with van der Waals surface area (Å²) in [5, 5.41) is 2.57. The maximum absolute atomic E-state index is 12.9. The van der Waals surface area contributed by atoms with Gasteiger partial charge in [0.1, 0.15) is 6.04 Å². The van der Waals surface area contributed by atoms with E-state index in [-0.39, 0.29) is 18.5 Å². The molecular weight excluding hydrogens is 417 g/mol. The minimum Gasteiger partial charge on any atom is -0.350 e. The number of hydrogen-bond donors (Lipinski definition) is 1. The minimum atomic E-state index is -4.48. The van der Waals surface area contributed by atoms with Crippen molar-refractivity contribution >= 4 is 21.6 Å². The monoisotopic (exact) mass is 442 g/mol. The van der Waals surface area contributed by atoms with Crippen LogP contribution in [0.25, 0.3) is 0 Å². The van der Waals surface area contributed by atoms with Crippen LogP contribution in [0, 0.1) is 13.8 Å². The molecule has 0 heterocycles. The lowest BCUT2D eigenvalue weighted by Gasteiger charge is -2.30. The zero-order valence-corrected chi connectivity index (χ0v) is 18.1. The predicted octanol–water partition coefficient (Wildman–Crippen LogP) is 4.18. The number of halogens is 3. The Balaban J connectivity index is 2.28. The summed E-state index contributed by atoms with van der Waals surface area (Å²) in [4.78, 5) is 12.8. The average Bonchev–Trinajstić information content (AvgIpc) is 2.61. The summed E-state index contributed by atoms with van der Waals surface area (Å²) >= 11 is 0. The number of anilines is 1. The van der Waals surface area contributed by atoms with Crippen molar-refractivity contribution in [3.8, 4) is 0 Å². The third-order valence-electron chi connectivity index (χ3n) is 4.51. The van der Waals surface area contributed by atoms with Crippen LogP contribution in [0.15, 0.2) is 42.5 Å². The van der Waals surface area contributed by atoms with Crippen molar-refractivity contribution < 1.29 is 26.4 Å². The third kappa shape index (κ3) is 5.98. The van der Waals surface area contributed by atoms with E-state index in [4.69, 9.17) is 0 Å². The molecule has 0 saturated carbocycles. The second-order valence-electron chi connectivity index (χ2n) is 7.24. The fourth-order valence-electron chi connectivity index (χ4n) is 3.30. The number of carbonyl (C=O) groups is 1. The Morgan fingerprint density at radius 1 is 1.10 bits per heavy atom. The molecule has 30 heavy (non-hydrogen) atoms. The van der Waals surface area contributed by atoms with Gasteiger partial charge < -0.3 is 5.32 Å². The number of sulfonamides is 1. The molecule has 0 aliphatic heterocycles. The van der Waals surface area contributed by atoms with Gasteiger partial charge in [-0.25, -0.2) is 8.42 Å². The van der Waals surface area contributed by atoms with E-state index in [9.17, 15) is 26.4 Å². The van der Waals surface area contributed by atoms with E-state index in [1.165, 1.54) is 12.1 Å². The first kappa shape index (κ1) is 23.7. The first-order valence-electron chi connectivity index (χ1n) is 9.34. The fraction of sp³-hybridized carbons (Fsp3) is 0.381. The molecule has 0 saturated heterocycles. The second-order valence-corrected chi connectivity index (χ2v) is 9.10. The molecule has 2 aromatic carbocycles. The zero-order valence-electron chi connectivity index (χ0n) is 17.2. The average molecular weight is 443 g/mol. The number of nitrogens with zero attached hydrogens (tertiary/aromatic N) is 1. The number of amides is 1. The first-order chi connectivity index (χ1) is 13.8. The van der Waals surface area contributed by atoms with Gasteiger partial charge in [0.25, 0.3) is 0 Å². The lowest BCUT2D eigenvalue weighted by molar-refractivity contribution is -0.137. The molecule has 5 nitrogen and oxygen atoms in total. The number of carbonyl (C=O) groups excluding carboxylic acids is 1. The molecule has 2 aromatic rings. The standard InChI is InChI=1S/C21H25F3N2O3S/c1-5-19(26(30(4,28)29)18-10-14(2)9-15(3)11-18)20(27)25-13-16-7-6-8-17(12-16)21(22,23)24/h6-12,19H,5,13H2,1-4H3,(H,25,27). The van der Waals surface area contributed by atoms with Crippen LogP contribution in [-0.2, 0) is 27.5 Å². The molecule has 0 fully saturated rings. The molecule has 1 atom stereocenters. The lowest BCUT2D eigenvalue weighted by atomic mass is 10.1. The number of alkyl halides is 3. The van der Waals surface area contributed by atoms with Crippen molar-refractivity contribution in [1.82, 2.24) is 5.32 Å². The Bertz CT molecular complexity index is 1000. The fourth-order valence-corrected chi connectivity index (χ4v) is 4.50. The summed E-state index contributed by atoms with van der Waals surface area (Å²) in [6.07, 6.45) is -3.27. The van der Waals surface area contributed by atoms with E-state index in [0.29, 0.717) is 5.69 Å². The minimum absolute atomic E-state index is 0.149. The van der Waals surface area contributed by atoms with Crippen molar-refractivity contribution in [2.75, 3.05) is 10.6 Å². The van der Waals surface area contributed by atoms with Crippen LogP contribution in [0.5, 0.6) is 0 Å². The molecule has 0 aromatic heterocycles. The topological polar surface area (TPSA) is 66.5 Å². The quantitative estimate of drug-likeness (QED) is 0.700. The highest BCUT2D eigenvalue weighted by Gasteiger charge is 2.32. The first-order valence-corrected chi connectivity index (χ1v) is 11.2. The number of aryl methyl sites for hydroxylation is 2. The molecule has 0 aliphatic rings. The molecule has 1 unspecified atom stereocenters. The van der Waals surface area contributed by atoms with E-state index in [2.05, 4.69) is 5.32 Å². The van der Waals surface area contributed by atoms with Gasteiger partial charge in [0.2, 0.25) is 15.9 Å². The van der Waals surface area contributed by atoms with Crippen LogP contribution in [0.2, 0.25) is 0 Å². The third-order valence-corrected chi connectivity index (χ3v) is 5.69. The van der Waals surface area contributed by atoms with Gasteiger partial charge in [-0.1, -0.05) is 25.1 Å². The van der Waals surface area contributed by atoms with Gasteiger partial charge >= 0.3 is 6.18 Å². The smallest absolute Gasteiger partial charge is 0.350 e. The zero-order chi connectivity index (χ0) is 22.7. The van der Waals surface area contributed by atoms with Crippen molar-refractivity contribution in [2.24, 2.45) is 0 Å². The highest BCUT2D eigenvalue weighted by atomic mass is 32.2. The summed E-state index contributed by atoms with van der Waals surface area (Å²) in [7, 11) is -3.79. The van der Waals surface area contributed by atoms with Crippen LogP contribution in [0.4, 0.5) is 18.9 Å². The predicted molar refractivity (Wildman–Crippen MR) is 111 cm³/mol. The Hall–Kier alpha value is -2.55.